The van der Waals surface area contributed by atoms with Gasteiger partial charge in [0, 0.05) is 18.1 Å². The lowest BCUT2D eigenvalue weighted by Gasteiger charge is -2.31. The summed E-state index contributed by atoms with van der Waals surface area (Å²) in [6.07, 6.45) is 3.87. The molecule has 0 heterocycles. The number of esters is 1. The van der Waals surface area contributed by atoms with Crippen LogP contribution in [0.1, 0.15) is 47.5 Å². The van der Waals surface area contributed by atoms with Gasteiger partial charge in [-0.25, -0.2) is 4.79 Å². The number of carbonyl (C=O) groups is 1. The minimum Gasteiger partial charge on any atom is -0.458 e. The van der Waals surface area contributed by atoms with Crippen molar-refractivity contribution in [1.82, 2.24) is 0 Å². The molecule has 0 bridgehead atoms. The zero-order chi connectivity index (χ0) is 16.9. The normalized spacial score (nSPS) is 20.3. The third kappa shape index (κ3) is 3.62. The molecule has 0 amide bonds. The Morgan fingerprint density at radius 3 is 2.33 bits per heavy atom. The number of ether oxygens (including phenoxy) is 1. The second kappa shape index (κ2) is 7.25. The standard InChI is InChI=1S/C19H19NO4/c21-19(15-10-12-16(13-11-15)20(22)23)24-18-9-5-4-8-17(18)14-6-2-1-3-7-14/h1-3,6-7,10-13,17-18H,4-5,8-9H2/t17-,18-/m0/s1. The number of benzene rings is 2. The number of nitro groups is 1. The summed E-state index contributed by atoms with van der Waals surface area (Å²) in [4.78, 5) is 22.6. The van der Waals surface area contributed by atoms with E-state index in [4.69, 9.17) is 4.74 Å². The predicted molar refractivity (Wildman–Crippen MR) is 90.0 cm³/mol. The van der Waals surface area contributed by atoms with E-state index < -0.39 is 10.9 Å². The quantitative estimate of drug-likeness (QED) is 0.472. The second-order valence-corrected chi connectivity index (χ2v) is 6.05. The van der Waals surface area contributed by atoms with Crippen molar-refractivity contribution in [3.63, 3.8) is 0 Å². The average Bonchev–Trinajstić information content (AvgIpc) is 2.63. The van der Waals surface area contributed by atoms with E-state index in [0.717, 1.165) is 25.7 Å². The molecule has 0 radical (unpaired) electrons. The van der Waals surface area contributed by atoms with E-state index >= 15 is 0 Å². The number of rotatable bonds is 4. The smallest absolute Gasteiger partial charge is 0.338 e. The minimum absolute atomic E-state index is 0.0358. The molecule has 0 aliphatic heterocycles. The molecule has 1 saturated carbocycles. The lowest BCUT2D eigenvalue weighted by molar-refractivity contribution is -0.384. The van der Waals surface area contributed by atoms with Crippen molar-refractivity contribution in [3.05, 3.63) is 75.8 Å². The monoisotopic (exact) mass is 325 g/mol. The summed E-state index contributed by atoms with van der Waals surface area (Å²) in [5, 5.41) is 10.7. The molecule has 0 aromatic heterocycles. The van der Waals surface area contributed by atoms with E-state index in [1.165, 1.54) is 29.8 Å². The predicted octanol–water partition coefficient (Wildman–Crippen LogP) is 4.48. The van der Waals surface area contributed by atoms with Crippen molar-refractivity contribution in [1.29, 1.82) is 0 Å². The molecular weight excluding hydrogens is 306 g/mol. The molecule has 0 saturated heterocycles. The van der Waals surface area contributed by atoms with Crippen molar-refractivity contribution in [2.75, 3.05) is 0 Å². The van der Waals surface area contributed by atoms with Gasteiger partial charge in [-0.1, -0.05) is 36.8 Å². The van der Waals surface area contributed by atoms with Gasteiger partial charge in [0.2, 0.25) is 0 Å². The van der Waals surface area contributed by atoms with E-state index in [2.05, 4.69) is 12.1 Å². The first-order valence-corrected chi connectivity index (χ1v) is 8.15. The van der Waals surface area contributed by atoms with Gasteiger partial charge in [-0.2, -0.15) is 0 Å². The molecule has 0 N–H and O–H groups in total. The Bertz CT molecular complexity index is 712. The molecular formula is C19H19NO4. The van der Waals surface area contributed by atoms with Gasteiger partial charge in [0.15, 0.2) is 0 Å². The van der Waals surface area contributed by atoms with Crippen LogP contribution in [0.4, 0.5) is 5.69 Å². The number of nitrogens with zero attached hydrogens (tertiary/aromatic N) is 1. The molecule has 5 heteroatoms. The fraction of sp³-hybridized carbons (Fsp3) is 0.316. The molecule has 1 fully saturated rings. The fourth-order valence-corrected chi connectivity index (χ4v) is 3.24. The topological polar surface area (TPSA) is 69.4 Å². The van der Waals surface area contributed by atoms with Crippen LogP contribution in [0.2, 0.25) is 0 Å². The highest BCUT2D eigenvalue weighted by Gasteiger charge is 2.29. The maximum absolute atomic E-state index is 12.4. The minimum atomic E-state index is -0.484. The van der Waals surface area contributed by atoms with Crippen LogP contribution in [0.15, 0.2) is 54.6 Å². The summed E-state index contributed by atoms with van der Waals surface area (Å²) in [6.45, 7) is 0. The highest BCUT2D eigenvalue weighted by Crippen LogP contribution is 2.35. The molecule has 24 heavy (non-hydrogen) atoms. The zero-order valence-electron chi connectivity index (χ0n) is 13.3. The van der Waals surface area contributed by atoms with Crippen LogP contribution < -0.4 is 0 Å². The van der Waals surface area contributed by atoms with Crippen LogP contribution in [-0.4, -0.2) is 17.0 Å². The highest BCUT2D eigenvalue weighted by atomic mass is 16.6. The zero-order valence-corrected chi connectivity index (χ0v) is 13.3. The van der Waals surface area contributed by atoms with Gasteiger partial charge in [0.25, 0.3) is 5.69 Å². The fourth-order valence-electron chi connectivity index (χ4n) is 3.24. The number of hydrogen-bond donors (Lipinski definition) is 0. The molecule has 0 unspecified atom stereocenters. The summed E-state index contributed by atoms with van der Waals surface area (Å²) in [6, 6.07) is 15.7. The maximum atomic E-state index is 12.4. The molecule has 5 nitrogen and oxygen atoms in total. The molecule has 124 valence electrons. The van der Waals surface area contributed by atoms with Gasteiger partial charge in [-0.15, -0.1) is 0 Å². The Balaban J connectivity index is 1.73. The van der Waals surface area contributed by atoms with E-state index in [9.17, 15) is 14.9 Å². The van der Waals surface area contributed by atoms with Crippen LogP contribution in [0.3, 0.4) is 0 Å². The Morgan fingerprint density at radius 1 is 1.00 bits per heavy atom. The number of non-ortho nitro benzene ring substituents is 1. The first kappa shape index (κ1) is 16.2. The van der Waals surface area contributed by atoms with E-state index in [1.807, 2.05) is 18.2 Å². The van der Waals surface area contributed by atoms with Crippen LogP contribution in [0, 0.1) is 10.1 Å². The van der Waals surface area contributed by atoms with Crippen molar-refractivity contribution >= 4 is 11.7 Å². The summed E-state index contributed by atoms with van der Waals surface area (Å²) < 4.78 is 5.74. The van der Waals surface area contributed by atoms with Gasteiger partial charge in [-0.05, 0) is 37.0 Å². The summed E-state index contributed by atoms with van der Waals surface area (Å²) in [5.41, 5.74) is 1.50. The van der Waals surface area contributed by atoms with Crippen molar-refractivity contribution in [3.8, 4) is 0 Å². The average molecular weight is 325 g/mol. The Hall–Kier alpha value is -2.69. The van der Waals surface area contributed by atoms with E-state index in [0.29, 0.717) is 5.56 Å². The number of carbonyl (C=O) groups excluding carboxylic acids is 1. The molecule has 1 aliphatic carbocycles. The second-order valence-electron chi connectivity index (χ2n) is 6.05. The SMILES string of the molecule is O=C(O[C@H]1CCCC[C@H]1c1ccccc1)c1ccc([N+](=O)[O-])cc1. The first-order valence-electron chi connectivity index (χ1n) is 8.15. The summed E-state index contributed by atoms with van der Waals surface area (Å²) in [5.74, 6) is -0.209. The Kier molecular flexibility index (Phi) is 4.89. The van der Waals surface area contributed by atoms with Crippen LogP contribution >= 0.6 is 0 Å². The van der Waals surface area contributed by atoms with Crippen LogP contribution in [0.5, 0.6) is 0 Å². The molecule has 2 aromatic carbocycles. The van der Waals surface area contributed by atoms with E-state index in [1.54, 1.807) is 0 Å². The van der Waals surface area contributed by atoms with Gasteiger partial charge >= 0.3 is 5.97 Å². The number of hydrogen-bond acceptors (Lipinski definition) is 4. The molecule has 0 spiro atoms. The van der Waals surface area contributed by atoms with Crippen molar-refractivity contribution < 1.29 is 14.5 Å². The van der Waals surface area contributed by atoms with Crippen LogP contribution in [0.25, 0.3) is 0 Å². The molecule has 3 rings (SSSR count). The van der Waals surface area contributed by atoms with Crippen LogP contribution in [-0.2, 0) is 4.74 Å². The summed E-state index contributed by atoms with van der Waals surface area (Å²) >= 11 is 0. The van der Waals surface area contributed by atoms with Crippen molar-refractivity contribution in [2.45, 2.75) is 37.7 Å². The third-order valence-electron chi connectivity index (χ3n) is 4.50. The highest BCUT2D eigenvalue weighted by molar-refractivity contribution is 5.89. The molecule has 1 aliphatic rings. The molecule has 2 aromatic rings. The van der Waals surface area contributed by atoms with Gasteiger partial charge in [-0.3, -0.25) is 10.1 Å². The first-order chi connectivity index (χ1) is 11.6. The Morgan fingerprint density at radius 2 is 1.67 bits per heavy atom. The Labute approximate surface area is 140 Å². The van der Waals surface area contributed by atoms with E-state index in [-0.39, 0.29) is 17.7 Å². The van der Waals surface area contributed by atoms with Crippen molar-refractivity contribution in [2.24, 2.45) is 0 Å². The largest absolute Gasteiger partial charge is 0.458 e. The van der Waals surface area contributed by atoms with Gasteiger partial charge in [0.1, 0.15) is 6.10 Å². The lowest BCUT2D eigenvalue weighted by atomic mass is 9.81. The third-order valence-corrected chi connectivity index (χ3v) is 4.50. The maximum Gasteiger partial charge on any atom is 0.338 e. The lowest BCUT2D eigenvalue weighted by Crippen LogP contribution is -2.28. The summed E-state index contributed by atoms with van der Waals surface area (Å²) in [7, 11) is 0. The van der Waals surface area contributed by atoms with Gasteiger partial charge < -0.3 is 4.74 Å². The molecule has 2 atom stereocenters. The number of nitro benzene ring substituents is 1. The van der Waals surface area contributed by atoms with Gasteiger partial charge in [0.05, 0.1) is 10.5 Å².